The summed E-state index contributed by atoms with van der Waals surface area (Å²) in [6.45, 7) is 0. The van der Waals surface area contributed by atoms with E-state index in [9.17, 15) is 21.6 Å². The average molecular weight is 536 g/mol. The number of nitrogens with one attached hydrogen (secondary N) is 2. The van der Waals surface area contributed by atoms with Crippen LogP contribution in [0.25, 0.3) is 11.3 Å². The van der Waals surface area contributed by atoms with Crippen molar-refractivity contribution in [2.45, 2.75) is 5.75 Å². The number of nitrogens with zero attached hydrogens (tertiary/aromatic N) is 3. The summed E-state index contributed by atoms with van der Waals surface area (Å²) in [5.41, 5.74) is -0.221. The van der Waals surface area contributed by atoms with Crippen molar-refractivity contribution >= 4 is 33.3 Å². The lowest BCUT2D eigenvalue weighted by Crippen LogP contribution is -2.17. The molecule has 186 valence electrons. The van der Waals surface area contributed by atoms with E-state index in [2.05, 4.69) is 20.3 Å². The minimum Gasteiger partial charge on any atom is -0.435 e. The zero-order valence-electron chi connectivity index (χ0n) is 18.5. The van der Waals surface area contributed by atoms with E-state index >= 15 is 0 Å². The van der Waals surface area contributed by atoms with Gasteiger partial charge in [0.05, 0.1) is 17.0 Å². The zero-order valence-corrected chi connectivity index (χ0v) is 20.0. The van der Waals surface area contributed by atoms with Crippen molar-refractivity contribution in [1.82, 2.24) is 15.0 Å². The normalized spacial score (nSPS) is 11.2. The predicted octanol–water partition coefficient (Wildman–Crippen LogP) is 5.39. The fourth-order valence-corrected chi connectivity index (χ4v) is 4.46. The lowest BCUT2D eigenvalue weighted by Gasteiger charge is -2.14. The molecule has 2 heterocycles. The number of aromatic nitrogens is 3. The molecule has 4 rings (SSSR count). The summed E-state index contributed by atoms with van der Waals surface area (Å²) in [6.07, 6.45) is 2.80. The van der Waals surface area contributed by atoms with Crippen LogP contribution >= 0.6 is 11.6 Å². The van der Waals surface area contributed by atoms with E-state index in [1.807, 2.05) is 0 Å². The maximum Gasteiger partial charge on any atom is 0.237 e. The summed E-state index contributed by atoms with van der Waals surface area (Å²) in [6, 6.07) is 11.0. The highest BCUT2D eigenvalue weighted by molar-refractivity contribution is 7.91. The van der Waals surface area contributed by atoms with Gasteiger partial charge in [-0.05, 0) is 35.9 Å². The molecule has 0 saturated heterocycles. The van der Waals surface area contributed by atoms with Gasteiger partial charge in [0.15, 0.2) is 17.4 Å². The van der Waals surface area contributed by atoms with Gasteiger partial charge in [-0.1, -0.05) is 23.7 Å². The maximum absolute atomic E-state index is 14.8. The Morgan fingerprint density at radius 3 is 2.47 bits per heavy atom. The number of sulfonamides is 1. The Hall–Kier alpha value is -3.90. The van der Waals surface area contributed by atoms with E-state index in [1.165, 1.54) is 36.7 Å². The summed E-state index contributed by atoms with van der Waals surface area (Å²) in [4.78, 5) is 12.3. The van der Waals surface area contributed by atoms with Crippen molar-refractivity contribution in [3.8, 4) is 22.9 Å². The molecule has 4 aromatic rings. The smallest absolute Gasteiger partial charge is 0.237 e. The van der Waals surface area contributed by atoms with Crippen molar-refractivity contribution in [3.05, 3.63) is 89.0 Å². The molecule has 0 bridgehead atoms. The third-order valence-corrected chi connectivity index (χ3v) is 6.27. The Bertz CT molecular complexity index is 1520. The summed E-state index contributed by atoms with van der Waals surface area (Å²) < 4.78 is 76.4. The molecule has 0 fully saturated rings. The molecule has 0 amide bonds. The first-order valence-corrected chi connectivity index (χ1v) is 12.3. The van der Waals surface area contributed by atoms with Gasteiger partial charge in [0.25, 0.3) is 0 Å². The van der Waals surface area contributed by atoms with Gasteiger partial charge in [-0.15, -0.1) is 0 Å². The SMILES string of the molecule is CNc1nccc(-c2cccnc2Oc2cc(F)c(NS(=O)(=O)Cc3ccc(Cl)cc3)c(F)c2F)n1. The monoisotopic (exact) mass is 535 g/mol. The van der Waals surface area contributed by atoms with Crippen LogP contribution in [0.4, 0.5) is 24.8 Å². The summed E-state index contributed by atoms with van der Waals surface area (Å²) in [5, 5.41) is 3.15. The predicted molar refractivity (Wildman–Crippen MR) is 129 cm³/mol. The molecule has 2 aromatic carbocycles. The van der Waals surface area contributed by atoms with Gasteiger partial charge in [0.1, 0.15) is 5.69 Å². The number of hydrogen-bond donors (Lipinski definition) is 2. The number of halogens is 4. The second-order valence-electron chi connectivity index (χ2n) is 7.32. The largest absolute Gasteiger partial charge is 0.435 e. The molecule has 0 saturated carbocycles. The zero-order chi connectivity index (χ0) is 25.9. The molecule has 0 spiro atoms. The van der Waals surface area contributed by atoms with Crippen LogP contribution in [0.2, 0.25) is 5.02 Å². The number of ether oxygens (including phenoxy) is 1. The van der Waals surface area contributed by atoms with E-state index in [1.54, 1.807) is 30.0 Å². The Morgan fingerprint density at radius 2 is 1.75 bits per heavy atom. The van der Waals surface area contributed by atoms with E-state index in [4.69, 9.17) is 16.3 Å². The van der Waals surface area contributed by atoms with E-state index in [0.717, 1.165) is 0 Å². The molecular formula is C23H17ClF3N5O3S. The Labute approximate surface area is 209 Å². The van der Waals surface area contributed by atoms with Gasteiger partial charge in [-0.2, -0.15) is 4.39 Å². The van der Waals surface area contributed by atoms with Crippen LogP contribution in [0.5, 0.6) is 11.6 Å². The van der Waals surface area contributed by atoms with Gasteiger partial charge >= 0.3 is 0 Å². The van der Waals surface area contributed by atoms with Crippen molar-refractivity contribution in [3.63, 3.8) is 0 Å². The maximum atomic E-state index is 14.8. The molecule has 2 N–H and O–H groups in total. The van der Waals surface area contributed by atoms with Gasteiger partial charge in [-0.25, -0.2) is 32.2 Å². The molecule has 13 heteroatoms. The topological polar surface area (TPSA) is 106 Å². The highest BCUT2D eigenvalue weighted by Crippen LogP contribution is 2.35. The van der Waals surface area contributed by atoms with Crippen molar-refractivity contribution in [1.29, 1.82) is 0 Å². The van der Waals surface area contributed by atoms with Crippen molar-refractivity contribution < 1.29 is 26.3 Å². The van der Waals surface area contributed by atoms with Gasteiger partial charge in [0, 0.05) is 30.5 Å². The lowest BCUT2D eigenvalue weighted by molar-refractivity contribution is 0.401. The number of benzene rings is 2. The van der Waals surface area contributed by atoms with Crippen molar-refractivity contribution in [2.24, 2.45) is 0 Å². The van der Waals surface area contributed by atoms with Crippen LogP contribution in [-0.2, 0) is 15.8 Å². The molecule has 0 radical (unpaired) electrons. The number of rotatable bonds is 8. The standard InChI is InChI=1S/C23H17ClF3N5O3S/c1-28-23-30-10-8-17(31-23)15-3-2-9-29-22(15)35-18-11-16(25)21(20(27)19(18)26)32-36(33,34)12-13-4-6-14(24)7-5-13/h2-11,32H,12H2,1H3,(H,28,30,31). The number of anilines is 2. The third-order valence-electron chi connectivity index (χ3n) is 4.79. The molecule has 0 atom stereocenters. The lowest BCUT2D eigenvalue weighted by atomic mass is 10.2. The molecule has 0 aliphatic rings. The van der Waals surface area contributed by atoms with Crippen LogP contribution in [0.1, 0.15) is 5.56 Å². The first-order chi connectivity index (χ1) is 17.2. The van der Waals surface area contributed by atoms with E-state index < -0.39 is 44.7 Å². The van der Waals surface area contributed by atoms with Crippen LogP contribution in [0, 0.1) is 17.5 Å². The average Bonchev–Trinajstić information content (AvgIpc) is 2.86. The highest BCUT2D eigenvalue weighted by atomic mass is 35.5. The Morgan fingerprint density at radius 1 is 1.00 bits per heavy atom. The van der Waals surface area contributed by atoms with Gasteiger partial charge in [0.2, 0.25) is 27.7 Å². The molecule has 0 aliphatic heterocycles. The third kappa shape index (κ3) is 5.66. The van der Waals surface area contributed by atoms with Crippen molar-refractivity contribution in [2.75, 3.05) is 17.1 Å². The molecule has 8 nitrogen and oxygen atoms in total. The first kappa shape index (κ1) is 25.2. The summed E-state index contributed by atoms with van der Waals surface area (Å²) in [5.74, 6) is -6.13. The Balaban J connectivity index is 1.63. The van der Waals surface area contributed by atoms with E-state index in [0.29, 0.717) is 33.9 Å². The number of pyridine rings is 1. The van der Waals surface area contributed by atoms with Crippen LogP contribution < -0.4 is 14.8 Å². The minimum absolute atomic E-state index is 0.188. The Kier molecular flexibility index (Phi) is 7.27. The van der Waals surface area contributed by atoms with Gasteiger partial charge < -0.3 is 10.1 Å². The van der Waals surface area contributed by atoms with Crippen LogP contribution in [0.15, 0.2) is 60.9 Å². The van der Waals surface area contributed by atoms with Gasteiger partial charge in [-0.3, -0.25) is 4.72 Å². The highest BCUT2D eigenvalue weighted by Gasteiger charge is 2.25. The summed E-state index contributed by atoms with van der Waals surface area (Å²) >= 11 is 5.77. The molecular weight excluding hydrogens is 519 g/mol. The molecule has 2 aromatic heterocycles. The number of hydrogen-bond acceptors (Lipinski definition) is 7. The fraction of sp³-hybridized carbons (Fsp3) is 0.0870. The fourth-order valence-electron chi connectivity index (χ4n) is 3.13. The first-order valence-electron chi connectivity index (χ1n) is 10.2. The van der Waals surface area contributed by atoms with E-state index in [-0.39, 0.29) is 5.88 Å². The summed E-state index contributed by atoms with van der Waals surface area (Å²) in [7, 11) is -2.68. The van der Waals surface area contributed by atoms with Crippen LogP contribution in [0.3, 0.4) is 0 Å². The minimum atomic E-state index is -4.30. The second-order valence-corrected chi connectivity index (χ2v) is 9.48. The second kappa shape index (κ2) is 10.4. The quantitative estimate of drug-likeness (QED) is 0.292. The molecule has 36 heavy (non-hydrogen) atoms. The molecule has 0 aliphatic carbocycles. The molecule has 0 unspecified atom stereocenters. The van der Waals surface area contributed by atoms with Crippen LogP contribution in [-0.4, -0.2) is 30.4 Å².